The first-order chi connectivity index (χ1) is 15.8. The van der Waals surface area contributed by atoms with Gasteiger partial charge in [0, 0.05) is 9.13 Å². The third-order valence-electron chi connectivity index (χ3n) is 4.88. The summed E-state index contributed by atoms with van der Waals surface area (Å²) in [6.45, 7) is 2.17. The van der Waals surface area contributed by atoms with Crippen molar-refractivity contribution >= 4 is 52.1 Å². The molecule has 0 radical (unpaired) electrons. The molecule has 0 saturated carbocycles. The number of cyclic esters (lactones) is 1. The van der Waals surface area contributed by atoms with Crippen molar-refractivity contribution in [2.45, 2.75) is 13.5 Å². The highest BCUT2D eigenvalue weighted by atomic mass is 127. The lowest BCUT2D eigenvalue weighted by molar-refractivity contribution is -0.129. The number of carbonyl (C=O) groups is 1. The van der Waals surface area contributed by atoms with E-state index < -0.39 is 5.97 Å². The molecule has 0 amide bonds. The molecule has 1 aliphatic heterocycles. The molecule has 0 unspecified atom stereocenters. The quantitative estimate of drug-likeness (QED) is 0.195. The van der Waals surface area contributed by atoms with Gasteiger partial charge in [0.1, 0.15) is 12.4 Å². The van der Waals surface area contributed by atoms with Crippen LogP contribution in [0.25, 0.3) is 6.08 Å². The van der Waals surface area contributed by atoms with Crippen LogP contribution < -0.4 is 9.47 Å². The Labute approximate surface area is 209 Å². The number of hydrogen-bond donors (Lipinski definition) is 0. The van der Waals surface area contributed by atoms with Gasteiger partial charge in [-0.2, -0.15) is 0 Å². The minimum absolute atomic E-state index is 0.152. The monoisotopic (exact) mass is 577 g/mol. The van der Waals surface area contributed by atoms with Crippen molar-refractivity contribution in [3.8, 4) is 11.5 Å². The van der Waals surface area contributed by atoms with Gasteiger partial charge in [-0.15, -0.1) is 0 Å². The maximum atomic E-state index is 13.1. The number of rotatable bonds is 6. The molecule has 8 heteroatoms. The van der Waals surface area contributed by atoms with Crippen molar-refractivity contribution in [2.24, 2.45) is 4.99 Å². The van der Waals surface area contributed by atoms with Crippen LogP contribution in [0.2, 0.25) is 5.02 Å². The highest BCUT2D eigenvalue weighted by Crippen LogP contribution is 2.38. The second-order valence-corrected chi connectivity index (χ2v) is 8.82. The molecule has 3 aromatic rings. The highest BCUT2D eigenvalue weighted by molar-refractivity contribution is 14.1. The molecule has 0 aliphatic carbocycles. The average molecular weight is 578 g/mol. The molecule has 0 saturated heterocycles. The molecule has 4 rings (SSSR count). The summed E-state index contributed by atoms with van der Waals surface area (Å²) in [6, 6.07) is 15.0. The number of carbonyl (C=O) groups excluding carboxylic acids is 1. The molecule has 0 atom stereocenters. The van der Waals surface area contributed by atoms with Crippen molar-refractivity contribution in [1.82, 2.24) is 0 Å². The summed E-state index contributed by atoms with van der Waals surface area (Å²) < 4.78 is 30.8. The minimum atomic E-state index is -0.548. The fraction of sp³-hybridized carbons (Fsp3) is 0.120. The predicted octanol–water partition coefficient (Wildman–Crippen LogP) is 6.32. The number of nitrogens with zero attached hydrogens (tertiary/aromatic N) is 1. The van der Waals surface area contributed by atoms with E-state index in [2.05, 4.69) is 27.6 Å². The summed E-state index contributed by atoms with van der Waals surface area (Å²) >= 11 is 8.68. The molecular weight excluding hydrogens is 560 g/mol. The van der Waals surface area contributed by atoms with Crippen molar-refractivity contribution < 1.29 is 23.4 Å². The Hall–Kier alpha value is -2.91. The van der Waals surface area contributed by atoms with Crippen molar-refractivity contribution in [2.75, 3.05) is 7.11 Å². The van der Waals surface area contributed by atoms with Gasteiger partial charge in [-0.05, 0) is 94.7 Å². The molecule has 1 heterocycles. The number of hydrogen-bond acceptors (Lipinski definition) is 5. The Morgan fingerprint density at radius 3 is 2.61 bits per heavy atom. The van der Waals surface area contributed by atoms with Crippen LogP contribution in [-0.4, -0.2) is 19.0 Å². The molecule has 0 spiro atoms. The second kappa shape index (κ2) is 9.93. The van der Waals surface area contributed by atoms with Crippen LogP contribution in [0.1, 0.15) is 22.3 Å². The van der Waals surface area contributed by atoms with E-state index in [9.17, 15) is 9.18 Å². The van der Waals surface area contributed by atoms with Gasteiger partial charge in [0.25, 0.3) is 0 Å². The van der Waals surface area contributed by atoms with Gasteiger partial charge in [-0.1, -0.05) is 23.7 Å². The van der Waals surface area contributed by atoms with E-state index in [1.165, 1.54) is 19.2 Å². The molecular formula is C25H18ClFINO4. The average Bonchev–Trinajstić information content (AvgIpc) is 3.15. The van der Waals surface area contributed by atoms with Gasteiger partial charge in [0.15, 0.2) is 17.2 Å². The number of esters is 1. The van der Waals surface area contributed by atoms with Crippen LogP contribution >= 0.6 is 34.2 Å². The van der Waals surface area contributed by atoms with E-state index in [1.54, 1.807) is 30.3 Å². The van der Waals surface area contributed by atoms with Crippen LogP contribution in [0, 0.1) is 16.3 Å². The van der Waals surface area contributed by atoms with Gasteiger partial charge in [-0.25, -0.2) is 14.2 Å². The third-order valence-corrected chi connectivity index (χ3v) is 6.37. The molecule has 0 bridgehead atoms. The summed E-state index contributed by atoms with van der Waals surface area (Å²) in [5.41, 5.74) is 3.32. The topological polar surface area (TPSA) is 57.1 Å². The van der Waals surface area contributed by atoms with Crippen molar-refractivity contribution in [1.29, 1.82) is 0 Å². The lowest BCUT2D eigenvalue weighted by Crippen LogP contribution is -2.05. The molecule has 168 valence electrons. The molecule has 3 aromatic carbocycles. The maximum Gasteiger partial charge on any atom is 0.363 e. The normalized spacial score (nSPS) is 14.3. The van der Waals surface area contributed by atoms with Crippen molar-refractivity contribution in [3.63, 3.8) is 0 Å². The summed E-state index contributed by atoms with van der Waals surface area (Å²) in [5, 5.41) is 0.298. The second-order valence-electron chi connectivity index (χ2n) is 7.25. The van der Waals surface area contributed by atoms with E-state index in [0.717, 1.165) is 20.3 Å². The Bertz CT molecular complexity index is 1290. The number of aliphatic imine (C=N–C) groups is 1. The van der Waals surface area contributed by atoms with Gasteiger partial charge in [-0.3, -0.25) is 0 Å². The van der Waals surface area contributed by atoms with Gasteiger partial charge >= 0.3 is 5.97 Å². The lowest BCUT2D eigenvalue weighted by Gasteiger charge is -2.13. The maximum absolute atomic E-state index is 13.1. The third kappa shape index (κ3) is 5.36. The Morgan fingerprint density at radius 2 is 1.91 bits per heavy atom. The largest absolute Gasteiger partial charge is 0.493 e. The smallest absolute Gasteiger partial charge is 0.363 e. The van der Waals surface area contributed by atoms with E-state index in [1.807, 2.05) is 25.1 Å². The number of halogens is 3. The first-order valence-corrected chi connectivity index (χ1v) is 11.3. The summed E-state index contributed by atoms with van der Waals surface area (Å²) in [5.74, 6) is 0.120. The fourth-order valence-electron chi connectivity index (χ4n) is 3.17. The Morgan fingerprint density at radius 1 is 1.15 bits per heavy atom. The number of methoxy groups -OCH3 is 1. The van der Waals surface area contributed by atoms with E-state index >= 15 is 0 Å². The van der Waals surface area contributed by atoms with Gasteiger partial charge < -0.3 is 14.2 Å². The minimum Gasteiger partial charge on any atom is -0.493 e. The molecule has 5 nitrogen and oxygen atoms in total. The summed E-state index contributed by atoms with van der Waals surface area (Å²) in [6.07, 6.45) is 1.58. The fourth-order valence-corrected chi connectivity index (χ4v) is 3.78. The van der Waals surface area contributed by atoms with Crippen LogP contribution in [0.5, 0.6) is 11.5 Å². The van der Waals surface area contributed by atoms with Crippen LogP contribution in [0.15, 0.2) is 65.3 Å². The lowest BCUT2D eigenvalue weighted by atomic mass is 10.1. The molecule has 33 heavy (non-hydrogen) atoms. The zero-order valence-electron chi connectivity index (χ0n) is 17.7. The summed E-state index contributed by atoms with van der Waals surface area (Å²) in [7, 11) is 1.49. The zero-order chi connectivity index (χ0) is 23.5. The molecule has 0 aromatic heterocycles. The standard InChI is InChI=1S/C25H18ClFINO4/c1-14-9-17(5-8-20(14)28)24-29-21(25(30)33-24)11-16-10-19(26)23(22(12-16)31-2)32-13-15-3-6-18(27)7-4-15/h3-12H,13H2,1-2H3/b21-11-. The Balaban J connectivity index is 1.59. The van der Waals surface area contributed by atoms with Crippen LogP contribution in [0.4, 0.5) is 4.39 Å². The number of benzene rings is 3. The van der Waals surface area contributed by atoms with E-state index in [0.29, 0.717) is 22.1 Å². The first kappa shape index (κ1) is 23.3. The van der Waals surface area contributed by atoms with E-state index in [4.69, 9.17) is 25.8 Å². The van der Waals surface area contributed by atoms with Gasteiger partial charge in [0.05, 0.1) is 12.1 Å². The molecule has 0 N–H and O–H groups in total. The van der Waals surface area contributed by atoms with Crippen LogP contribution in [0.3, 0.4) is 0 Å². The zero-order valence-corrected chi connectivity index (χ0v) is 20.6. The highest BCUT2D eigenvalue weighted by Gasteiger charge is 2.25. The predicted molar refractivity (Wildman–Crippen MR) is 133 cm³/mol. The van der Waals surface area contributed by atoms with Crippen LogP contribution in [-0.2, 0) is 16.1 Å². The summed E-state index contributed by atoms with van der Waals surface area (Å²) in [4.78, 5) is 16.7. The number of ether oxygens (including phenoxy) is 3. The Kier molecular flexibility index (Phi) is 6.99. The van der Waals surface area contributed by atoms with E-state index in [-0.39, 0.29) is 24.0 Å². The van der Waals surface area contributed by atoms with Crippen molar-refractivity contribution in [3.05, 3.63) is 97.0 Å². The van der Waals surface area contributed by atoms with Gasteiger partial charge in [0.2, 0.25) is 5.90 Å². The number of aryl methyl sites for hydroxylation is 1. The first-order valence-electron chi connectivity index (χ1n) is 9.88. The molecule has 1 aliphatic rings. The molecule has 0 fully saturated rings. The SMILES string of the molecule is COc1cc(/C=C2\N=C(c3ccc(I)c(C)c3)OC2=O)cc(Cl)c1OCc1ccc(F)cc1.